The number of benzene rings is 1. The summed E-state index contributed by atoms with van der Waals surface area (Å²) in [7, 11) is -0.569. The van der Waals surface area contributed by atoms with E-state index in [9.17, 15) is 4.39 Å². The van der Waals surface area contributed by atoms with Crippen LogP contribution in [-0.2, 0) is 9.31 Å². The first-order valence-electron chi connectivity index (χ1n) is 6.65. The Labute approximate surface area is 119 Å². The van der Waals surface area contributed by atoms with E-state index in [0.717, 1.165) is 0 Å². The third-order valence-electron chi connectivity index (χ3n) is 3.84. The summed E-state index contributed by atoms with van der Waals surface area (Å²) < 4.78 is 30.8. The molecule has 1 aromatic carbocycles. The lowest BCUT2D eigenvalue weighted by atomic mass is 9.78. The van der Waals surface area contributed by atoms with Crippen molar-refractivity contribution in [2.45, 2.75) is 38.9 Å². The summed E-state index contributed by atoms with van der Waals surface area (Å²) in [6.45, 7) is 11.8. The second-order valence-electron chi connectivity index (χ2n) is 5.87. The van der Waals surface area contributed by atoms with Gasteiger partial charge in [-0.3, -0.25) is 0 Å². The Morgan fingerprint density at radius 1 is 1.25 bits per heavy atom. The molecule has 1 aromatic rings. The first kappa shape index (κ1) is 15.1. The van der Waals surface area contributed by atoms with Gasteiger partial charge in [0.2, 0.25) is 0 Å². The number of ether oxygens (including phenoxy) is 1. The lowest BCUT2D eigenvalue weighted by molar-refractivity contribution is 0.00578. The summed E-state index contributed by atoms with van der Waals surface area (Å²) in [6, 6.07) is 4.35. The molecule has 1 fully saturated rings. The van der Waals surface area contributed by atoms with E-state index in [0.29, 0.717) is 17.8 Å². The van der Waals surface area contributed by atoms with E-state index in [-0.39, 0.29) is 5.82 Å². The van der Waals surface area contributed by atoms with Gasteiger partial charge < -0.3 is 14.0 Å². The SMILES string of the molecule is C=CCOc1cc(F)ccc1B1OC(C)(C)C(C)(C)O1. The first-order valence-corrected chi connectivity index (χ1v) is 6.65. The largest absolute Gasteiger partial charge is 0.498 e. The molecular weight excluding hydrogens is 258 g/mol. The van der Waals surface area contributed by atoms with E-state index >= 15 is 0 Å². The van der Waals surface area contributed by atoms with Gasteiger partial charge in [0.25, 0.3) is 0 Å². The zero-order valence-corrected chi connectivity index (χ0v) is 12.4. The average molecular weight is 278 g/mol. The topological polar surface area (TPSA) is 27.7 Å². The predicted molar refractivity (Wildman–Crippen MR) is 77.8 cm³/mol. The molecule has 0 atom stereocenters. The van der Waals surface area contributed by atoms with Gasteiger partial charge in [0.15, 0.2) is 0 Å². The summed E-state index contributed by atoms with van der Waals surface area (Å²) in [5.74, 6) is 0.0627. The second-order valence-corrected chi connectivity index (χ2v) is 5.87. The van der Waals surface area contributed by atoms with Crippen LogP contribution in [0.25, 0.3) is 0 Å². The van der Waals surface area contributed by atoms with Crippen molar-refractivity contribution in [1.82, 2.24) is 0 Å². The third kappa shape index (κ3) is 2.74. The Hall–Kier alpha value is -1.33. The van der Waals surface area contributed by atoms with Crippen LogP contribution in [0.15, 0.2) is 30.9 Å². The van der Waals surface area contributed by atoms with Crippen LogP contribution >= 0.6 is 0 Å². The molecule has 3 nitrogen and oxygen atoms in total. The Kier molecular flexibility index (Phi) is 3.94. The smallest absolute Gasteiger partial charge is 0.490 e. The summed E-state index contributed by atoms with van der Waals surface area (Å²) >= 11 is 0. The first-order chi connectivity index (χ1) is 9.27. The Morgan fingerprint density at radius 3 is 2.40 bits per heavy atom. The van der Waals surface area contributed by atoms with Crippen LogP contribution in [0.2, 0.25) is 0 Å². The van der Waals surface area contributed by atoms with Gasteiger partial charge in [-0.05, 0) is 33.8 Å². The van der Waals surface area contributed by atoms with E-state index in [2.05, 4.69) is 6.58 Å². The highest BCUT2D eigenvalue weighted by molar-refractivity contribution is 6.63. The molecule has 0 spiro atoms. The highest BCUT2D eigenvalue weighted by Gasteiger charge is 2.52. The minimum Gasteiger partial charge on any atom is -0.490 e. The van der Waals surface area contributed by atoms with Gasteiger partial charge in [-0.1, -0.05) is 18.7 Å². The molecule has 0 unspecified atom stereocenters. The highest BCUT2D eigenvalue weighted by Crippen LogP contribution is 2.37. The molecule has 1 aliphatic rings. The maximum atomic E-state index is 13.4. The van der Waals surface area contributed by atoms with Crippen molar-refractivity contribution in [3.05, 3.63) is 36.7 Å². The molecule has 5 heteroatoms. The molecule has 2 rings (SSSR count). The Bertz CT molecular complexity index is 498. The number of rotatable bonds is 4. The van der Waals surface area contributed by atoms with Crippen LogP contribution < -0.4 is 10.2 Å². The minimum absolute atomic E-state index is 0.302. The maximum Gasteiger partial charge on any atom is 0.498 e. The normalized spacial score (nSPS) is 19.9. The molecule has 1 heterocycles. The van der Waals surface area contributed by atoms with Crippen LogP contribution in [0.3, 0.4) is 0 Å². The number of halogens is 1. The Morgan fingerprint density at radius 2 is 1.85 bits per heavy atom. The standard InChI is InChI=1S/C15H20BFO3/c1-6-9-18-13-10-11(17)7-8-12(13)16-19-14(2,3)15(4,5)20-16/h6-8,10H,1,9H2,2-5H3. The number of hydrogen-bond donors (Lipinski definition) is 0. The monoisotopic (exact) mass is 278 g/mol. The molecule has 108 valence electrons. The van der Waals surface area contributed by atoms with E-state index in [4.69, 9.17) is 14.0 Å². The number of hydrogen-bond acceptors (Lipinski definition) is 3. The van der Waals surface area contributed by atoms with Crippen LogP contribution in [0, 0.1) is 5.82 Å². The molecule has 0 saturated carbocycles. The predicted octanol–water partition coefficient (Wildman–Crippen LogP) is 2.69. The van der Waals surface area contributed by atoms with Crippen LogP contribution in [-0.4, -0.2) is 24.9 Å². The molecule has 0 radical (unpaired) electrons. The van der Waals surface area contributed by atoms with Gasteiger partial charge in [-0.25, -0.2) is 4.39 Å². The van der Waals surface area contributed by atoms with Gasteiger partial charge in [0, 0.05) is 11.5 Å². The minimum atomic E-state index is -0.569. The maximum absolute atomic E-state index is 13.4. The van der Waals surface area contributed by atoms with Crippen molar-refractivity contribution in [2.24, 2.45) is 0 Å². The second kappa shape index (κ2) is 5.22. The van der Waals surface area contributed by atoms with Crippen LogP contribution in [0.5, 0.6) is 5.75 Å². The summed E-state index contributed by atoms with van der Waals surface area (Å²) in [4.78, 5) is 0. The van der Waals surface area contributed by atoms with Gasteiger partial charge >= 0.3 is 7.12 Å². The van der Waals surface area contributed by atoms with Crippen molar-refractivity contribution >= 4 is 12.6 Å². The molecule has 0 N–H and O–H groups in total. The van der Waals surface area contributed by atoms with Crippen LogP contribution in [0.1, 0.15) is 27.7 Å². The van der Waals surface area contributed by atoms with E-state index < -0.39 is 18.3 Å². The van der Waals surface area contributed by atoms with Crippen molar-refractivity contribution in [3.63, 3.8) is 0 Å². The molecule has 1 aliphatic heterocycles. The summed E-state index contributed by atoms with van der Waals surface area (Å²) in [5, 5.41) is 0. The third-order valence-corrected chi connectivity index (χ3v) is 3.84. The van der Waals surface area contributed by atoms with Crippen molar-refractivity contribution in [2.75, 3.05) is 6.61 Å². The van der Waals surface area contributed by atoms with Gasteiger partial charge in [0.05, 0.1) is 11.2 Å². The van der Waals surface area contributed by atoms with Crippen LogP contribution in [0.4, 0.5) is 4.39 Å². The molecule has 0 bridgehead atoms. The van der Waals surface area contributed by atoms with E-state index in [1.54, 1.807) is 12.1 Å². The fourth-order valence-electron chi connectivity index (χ4n) is 1.95. The average Bonchev–Trinajstić information content (AvgIpc) is 2.55. The zero-order valence-electron chi connectivity index (χ0n) is 12.4. The molecule has 20 heavy (non-hydrogen) atoms. The Balaban J connectivity index is 2.32. The molecule has 1 saturated heterocycles. The van der Waals surface area contributed by atoms with Gasteiger partial charge in [-0.2, -0.15) is 0 Å². The molecule has 0 aromatic heterocycles. The summed E-state index contributed by atoms with van der Waals surface area (Å²) in [6.07, 6.45) is 1.61. The van der Waals surface area contributed by atoms with Crippen molar-refractivity contribution in [3.8, 4) is 5.75 Å². The highest BCUT2D eigenvalue weighted by atomic mass is 19.1. The lowest BCUT2D eigenvalue weighted by Crippen LogP contribution is -2.41. The van der Waals surface area contributed by atoms with Crippen molar-refractivity contribution < 1.29 is 18.4 Å². The summed E-state index contributed by atoms with van der Waals surface area (Å²) in [5.41, 5.74) is -0.198. The zero-order chi connectivity index (χ0) is 15.0. The molecule has 0 aliphatic carbocycles. The fraction of sp³-hybridized carbons (Fsp3) is 0.467. The van der Waals surface area contributed by atoms with E-state index in [1.165, 1.54) is 12.1 Å². The van der Waals surface area contributed by atoms with E-state index in [1.807, 2.05) is 27.7 Å². The molecular formula is C15H20BFO3. The van der Waals surface area contributed by atoms with Gasteiger partial charge in [-0.15, -0.1) is 0 Å². The van der Waals surface area contributed by atoms with Crippen molar-refractivity contribution in [1.29, 1.82) is 0 Å². The molecule has 0 amide bonds. The lowest BCUT2D eigenvalue weighted by Gasteiger charge is -2.32. The van der Waals surface area contributed by atoms with Gasteiger partial charge in [0.1, 0.15) is 18.2 Å². The quantitative estimate of drug-likeness (QED) is 0.626. The fourth-order valence-corrected chi connectivity index (χ4v) is 1.95.